The molecule has 0 spiro atoms. The summed E-state index contributed by atoms with van der Waals surface area (Å²) in [6, 6.07) is 10.6. The third kappa shape index (κ3) is 12.4. The fourth-order valence-electron chi connectivity index (χ4n) is 5.65. The van der Waals surface area contributed by atoms with Crippen molar-refractivity contribution in [3.63, 3.8) is 0 Å². The van der Waals surface area contributed by atoms with Gasteiger partial charge in [0, 0.05) is 5.56 Å². The number of carbonyl (C=O) groups excluding carboxylic acids is 5. The molecule has 0 fully saturated rings. The average molecular weight is 781 g/mol. The Balaban J connectivity index is 1.73. The van der Waals surface area contributed by atoms with Crippen molar-refractivity contribution in [1.82, 2.24) is 21.0 Å². The quantitative estimate of drug-likeness (QED) is 0.0349. The van der Waals surface area contributed by atoms with Gasteiger partial charge in [-0.1, -0.05) is 57.4 Å². The zero-order valence-electron chi connectivity index (χ0n) is 30.9. The number of nitrogens with zero attached hydrogens (tertiary/aromatic N) is 1. The number of unbranched alkanes of at least 4 members (excludes halogenated alkanes) is 2. The van der Waals surface area contributed by atoms with E-state index in [4.69, 9.17) is 24.2 Å². The summed E-state index contributed by atoms with van der Waals surface area (Å²) >= 11 is 0. The van der Waals surface area contributed by atoms with Crippen molar-refractivity contribution in [3.8, 4) is 17.1 Å². The summed E-state index contributed by atoms with van der Waals surface area (Å²) < 4.78 is 10.9. The molecule has 4 amide bonds. The molecule has 1 heterocycles. The number of hydrogen-bond donors (Lipinski definition) is 6. The summed E-state index contributed by atoms with van der Waals surface area (Å²) in [5.41, 5.74) is 0.833. The Morgan fingerprint density at radius 2 is 1.61 bits per heavy atom. The number of hydrogen-bond acceptors (Lipinski definition) is 11. The van der Waals surface area contributed by atoms with Crippen molar-refractivity contribution in [3.05, 3.63) is 77.0 Å². The Morgan fingerprint density at radius 3 is 2.23 bits per heavy atom. The molecule has 0 aliphatic carbocycles. The highest BCUT2D eigenvalue weighted by atomic mass is 16.7. The summed E-state index contributed by atoms with van der Waals surface area (Å²) in [7, 11) is 0. The first-order valence-corrected chi connectivity index (χ1v) is 17.6. The van der Waals surface area contributed by atoms with Gasteiger partial charge in [0.25, 0.3) is 11.8 Å². The molecule has 1 aromatic heterocycles. The first-order valence-electron chi connectivity index (χ1n) is 17.6. The Kier molecular flexibility index (Phi) is 16.6. The molecule has 2 aromatic carbocycles. The van der Waals surface area contributed by atoms with Gasteiger partial charge in [0.15, 0.2) is 12.4 Å². The molecule has 18 heteroatoms. The molecule has 0 aliphatic rings. The summed E-state index contributed by atoms with van der Waals surface area (Å²) in [5.74, 6) is -8.72. The highest BCUT2D eigenvalue weighted by Gasteiger charge is 2.34. The second kappa shape index (κ2) is 21.2. The number of ether oxygens (including phenoxy) is 1. The molecular formula is C38H44N4O14. The third-order valence-corrected chi connectivity index (χ3v) is 8.51. The van der Waals surface area contributed by atoms with Crippen LogP contribution in [0.3, 0.4) is 0 Å². The molecule has 3 aromatic rings. The molecule has 18 nitrogen and oxygen atoms in total. The number of hydroxylamine groups is 2. The van der Waals surface area contributed by atoms with E-state index < -0.39 is 72.6 Å². The van der Waals surface area contributed by atoms with Crippen LogP contribution in [0, 0.1) is 12.8 Å². The van der Waals surface area contributed by atoms with E-state index >= 15 is 0 Å². The van der Waals surface area contributed by atoms with Crippen LogP contribution in [0.4, 0.5) is 0 Å². The molecule has 3 atom stereocenters. The standard InChI is InChI=1S/C38H44N4O14/c1-4-6-7-12-25(28(5-2)42(21-43)56-38(53)24-11-9-8-10-22(24)3)34(48)39-20-40-36(50)30-16-15-29(55-30)23-13-14-26(31(17-23)54-19-33(46)47)35(49)41-27(37(51)52)18-32(44)45/h8-11,13-17,21,25,27-28H,4-7,12,18-20H2,1-3H3,(H,39,48)(H,40,50)(H,41,49)(H,44,45)(H,46,47)(H,51,52). The average Bonchev–Trinajstić information content (AvgIpc) is 3.66. The van der Waals surface area contributed by atoms with Crippen LogP contribution in [0.1, 0.15) is 89.2 Å². The molecule has 56 heavy (non-hydrogen) atoms. The van der Waals surface area contributed by atoms with Gasteiger partial charge >= 0.3 is 23.9 Å². The first-order chi connectivity index (χ1) is 26.7. The Bertz CT molecular complexity index is 1910. The van der Waals surface area contributed by atoms with Crippen molar-refractivity contribution in [2.75, 3.05) is 13.3 Å². The molecule has 0 aliphatic heterocycles. The zero-order valence-corrected chi connectivity index (χ0v) is 30.9. The maximum absolute atomic E-state index is 13.5. The lowest BCUT2D eigenvalue weighted by atomic mass is 9.90. The lowest BCUT2D eigenvalue weighted by Gasteiger charge is -2.32. The number of aryl methyl sites for hydroxylation is 1. The molecule has 0 saturated carbocycles. The van der Waals surface area contributed by atoms with Crippen molar-refractivity contribution in [1.29, 1.82) is 0 Å². The fourth-order valence-corrected chi connectivity index (χ4v) is 5.65. The highest BCUT2D eigenvalue weighted by Crippen LogP contribution is 2.29. The molecule has 0 saturated heterocycles. The highest BCUT2D eigenvalue weighted by molar-refractivity contribution is 6.00. The van der Waals surface area contributed by atoms with Gasteiger partial charge in [0.1, 0.15) is 17.6 Å². The van der Waals surface area contributed by atoms with E-state index in [1.54, 1.807) is 38.1 Å². The summed E-state index contributed by atoms with van der Waals surface area (Å²) in [6.45, 7) is 4.25. The smallest absolute Gasteiger partial charge is 0.363 e. The number of amides is 4. The van der Waals surface area contributed by atoms with Crippen molar-refractivity contribution in [2.45, 2.75) is 71.4 Å². The Morgan fingerprint density at radius 1 is 0.875 bits per heavy atom. The zero-order chi connectivity index (χ0) is 41.4. The second-order valence-electron chi connectivity index (χ2n) is 12.5. The molecule has 0 radical (unpaired) electrons. The first kappa shape index (κ1) is 43.7. The lowest BCUT2D eigenvalue weighted by Crippen LogP contribution is -2.49. The van der Waals surface area contributed by atoms with Gasteiger partial charge in [0.05, 0.1) is 36.2 Å². The van der Waals surface area contributed by atoms with E-state index in [2.05, 4.69) is 16.0 Å². The van der Waals surface area contributed by atoms with Gasteiger partial charge in [-0.25, -0.2) is 14.4 Å². The van der Waals surface area contributed by atoms with Crippen LogP contribution in [0.15, 0.2) is 59.0 Å². The van der Waals surface area contributed by atoms with E-state index in [1.807, 2.05) is 6.92 Å². The van der Waals surface area contributed by atoms with Crippen molar-refractivity contribution >= 4 is 48.0 Å². The number of nitrogens with one attached hydrogen (secondary N) is 3. The predicted molar refractivity (Wildman–Crippen MR) is 195 cm³/mol. The molecule has 0 bridgehead atoms. The van der Waals surface area contributed by atoms with Crippen LogP contribution in [-0.2, 0) is 28.8 Å². The van der Waals surface area contributed by atoms with E-state index in [1.165, 1.54) is 30.3 Å². The fraction of sp³-hybridized carbons (Fsp3) is 0.368. The van der Waals surface area contributed by atoms with Crippen LogP contribution in [0.25, 0.3) is 11.3 Å². The predicted octanol–water partition coefficient (Wildman–Crippen LogP) is 3.39. The third-order valence-electron chi connectivity index (χ3n) is 8.51. The number of furan rings is 1. The second-order valence-corrected chi connectivity index (χ2v) is 12.5. The molecule has 6 N–H and O–H groups in total. The lowest BCUT2D eigenvalue weighted by molar-refractivity contribution is -0.171. The van der Waals surface area contributed by atoms with Gasteiger partial charge in [-0.05, 0) is 55.7 Å². The van der Waals surface area contributed by atoms with E-state index in [-0.39, 0.29) is 47.0 Å². The van der Waals surface area contributed by atoms with E-state index in [9.17, 15) is 43.5 Å². The Labute approximate surface area is 321 Å². The van der Waals surface area contributed by atoms with Crippen LogP contribution in [0.5, 0.6) is 5.75 Å². The normalized spacial score (nSPS) is 12.3. The van der Waals surface area contributed by atoms with Crippen molar-refractivity contribution in [2.24, 2.45) is 5.92 Å². The maximum atomic E-state index is 13.5. The number of benzene rings is 2. The minimum absolute atomic E-state index is 0.0802. The number of carboxylic acid groups (broad SMARTS) is 3. The van der Waals surface area contributed by atoms with Crippen LogP contribution >= 0.6 is 0 Å². The van der Waals surface area contributed by atoms with E-state index in [0.29, 0.717) is 24.8 Å². The van der Waals surface area contributed by atoms with Gasteiger partial charge < -0.3 is 45.3 Å². The van der Waals surface area contributed by atoms with Gasteiger partial charge in [0.2, 0.25) is 12.3 Å². The SMILES string of the molecule is CCCCCC(C(=O)NCNC(=O)c1ccc(-c2ccc(C(=O)NC(CC(=O)O)C(=O)O)c(OCC(=O)O)c2)o1)C(CC)N(C=O)OC(=O)c1ccccc1C. The molecule has 3 unspecified atom stereocenters. The minimum Gasteiger partial charge on any atom is -0.481 e. The van der Waals surface area contributed by atoms with Gasteiger partial charge in [-0.3, -0.25) is 24.0 Å². The molecule has 3 rings (SSSR count). The van der Waals surface area contributed by atoms with Gasteiger partial charge in [-0.2, -0.15) is 5.06 Å². The van der Waals surface area contributed by atoms with Crippen LogP contribution < -0.4 is 20.7 Å². The van der Waals surface area contributed by atoms with Crippen LogP contribution in [-0.4, -0.2) is 93.8 Å². The number of carboxylic acids is 3. The van der Waals surface area contributed by atoms with Crippen LogP contribution in [0.2, 0.25) is 0 Å². The summed E-state index contributed by atoms with van der Waals surface area (Å²) in [4.78, 5) is 104. The summed E-state index contributed by atoms with van der Waals surface area (Å²) in [5, 5.41) is 35.5. The molecule has 300 valence electrons. The van der Waals surface area contributed by atoms with E-state index in [0.717, 1.165) is 17.9 Å². The topological polar surface area (TPSA) is 268 Å². The summed E-state index contributed by atoms with van der Waals surface area (Å²) in [6.07, 6.45) is 2.39. The number of carbonyl (C=O) groups is 8. The van der Waals surface area contributed by atoms with Crippen molar-refractivity contribution < 1.29 is 67.7 Å². The monoisotopic (exact) mass is 780 g/mol. The van der Waals surface area contributed by atoms with Gasteiger partial charge in [-0.15, -0.1) is 0 Å². The maximum Gasteiger partial charge on any atom is 0.363 e. The minimum atomic E-state index is -1.79. The Hall–Kier alpha value is -6.72. The number of rotatable bonds is 23. The number of aliphatic carboxylic acids is 3. The molecular weight excluding hydrogens is 736 g/mol. The largest absolute Gasteiger partial charge is 0.481 e.